The monoisotopic (exact) mass is 1230 g/mol. The van der Waals surface area contributed by atoms with E-state index in [1.54, 1.807) is 89.5 Å². The average Bonchev–Trinajstić information content (AvgIpc) is 3.89. The van der Waals surface area contributed by atoms with Gasteiger partial charge in [-0.1, -0.05) is 108 Å². The second-order valence-electron chi connectivity index (χ2n) is 19.6. The van der Waals surface area contributed by atoms with E-state index >= 15 is 0 Å². The number of imidazole rings is 1. The molecule has 0 spiro atoms. The number of aromatic nitrogens is 2. The number of carbonyl (C=O) groups excluding carboxylic acids is 2. The Morgan fingerprint density at radius 1 is 0.584 bits per heavy atom. The number of allylic oxidation sites excluding steroid dienone is 2. The summed E-state index contributed by atoms with van der Waals surface area (Å²) in [5.41, 5.74) is 12.5. The average molecular weight is 1230 g/mol. The molecule has 0 saturated heterocycles. The molecule has 0 saturated carbocycles. The quantitative estimate of drug-likeness (QED) is 0.0208. The van der Waals surface area contributed by atoms with Crippen molar-refractivity contribution in [1.82, 2.24) is 9.97 Å². The summed E-state index contributed by atoms with van der Waals surface area (Å²) < 4.78 is 20.9. The lowest BCUT2D eigenvalue weighted by atomic mass is 10.1. The van der Waals surface area contributed by atoms with E-state index in [1.807, 2.05) is 161 Å². The van der Waals surface area contributed by atoms with E-state index in [2.05, 4.69) is 30.6 Å². The number of para-hydroxylation sites is 2. The normalized spacial score (nSPS) is 10.9. The predicted molar refractivity (Wildman–Crippen MR) is 359 cm³/mol. The number of nitro benzene ring substituents is 1. The lowest BCUT2D eigenvalue weighted by Crippen LogP contribution is -1.97. The molecular formula is C71H65Cl2N7O9. The molecule has 452 valence electrons. The Morgan fingerprint density at radius 3 is 1.84 bits per heavy atom. The summed E-state index contributed by atoms with van der Waals surface area (Å²) in [6.45, 7) is 7.74. The van der Waals surface area contributed by atoms with Crippen LogP contribution in [0, 0.1) is 37.8 Å². The van der Waals surface area contributed by atoms with Gasteiger partial charge in [-0.3, -0.25) is 29.7 Å². The van der Waals surface area contributed by atoms with Gasteiger partial charge in [0.25, 0.3) is 5.69 Å². The van der Waals surface area contributed by atoms with Crippen LogP contribution in [0.1, 0.15) is 54.1 Å². The largest absolute Gasteiger partial charge is 0.506 e. The molecule has 0 atom stereocenters. The highest BCUT2D eigenvalue weighted by molar-refractivity contribution is 6.32. The number of ketones is 2. The van der Waals surface area contributed by atoms with Gasteiger partial charge in [-0.25, -0.2) is 4.98 Å². The van der Waals surface area contributed by atoms with Crippen LogP contribution >= 0.6 is 23.2 Å². The van der Waals surface area contributed by atoms with Crippen LogP contribution in [0.3, 0.4) is 0 Å². The number of ether oxygens (including phenoxy) is 4. The molecule has 0 radical (unpaired) electrons. The first kappa shape index (κ1) is 65.7. The van der Waals surface area contributed by atoms with E-state index < -0.39 is 4.92 Å². The lowest BCUT2D eigenvalue weighted by Gasteiger charge is -2.07. The standard InChI is InChI=1S/C22H19N3O2.C17H16ClNO.C17H17NO3.C15H13ClN2O3/c1-26-20-11-8-15(12-21(20)27-2)14-23-17-9-10-18-19(13-17)25-22(24-18)16-6-4-3-5-7-16;1-12-6-8-14(9-7-12)17(20)10-11-19-16-5-3-4-15(18)13(16)2;1-20-14-9-7-13(8-10-14)16(19)11-12-18-15-5-3-4-6-17(15)21-2;1-9-5-13(15(19)6-10(9)2)17-8-11-3-4-12(16)14(7-11)18(20)21/h3-14H,1-2H3,(H,24,25);3-11,19H,1-2H3;3-12,18H,1-2H3;3-8,19H,1-2H3. The van der Waals surface area contributed by atoms with Crippen molar-refractivity contribution in [2.75, 3.05) is 39.1 Å². The fraction of sp³-hybridized carbons (Fsp3) is 0.113. The molecule has 1 aromatic heterocycles. The van der Waals surface area contributed by atoms with Crippen LogP contribution in [0.15, 0.2) is 223 Å². The van der Waals surface area contributed by atoms with Crippen molar-refractivity contribution in [1.29, 1.82) is 0 Å². The summed E-state index contributed by atoms with van der Waals surface area (Å²) in [6, 6.07) is 57.1. The number of nitrogens with one attached hydrogen (secondary N) is 3. The second kappa shape index (κ2) is 32.6. The molecule has 0 unspecified atom stereocenters. The summed E-state index contributed by atoms with van der Waals surface area (Å²) in [5.74, 6) is 3.63. The molecule has 0 aliphatic heterocycles. The number of aromatic hydroxyl groups is 1. The Labute approximate surface area is 526 Å². The number of H-pyrrole nitrogens is 1. The molecule has 9 aromatic carbocycles. The van der Waals surface area contributed by atoms with Crippen molar-refractivity contribution in [3.8, 4) is 40.1 Å². The first-order valence-electron chi connectivity index (χ1n) is 27.6. The highest BCUT2D eigenvalue weighted by Crippen LogP contribution is 2.32. The highest BCUT2D eigenvalue weighted by Gasteiger charge is 2.13. The number of hydrogen-bond acceptors (Lipinski definition) is 14. The molecule has 0 aliphatic rings. The third-order valence-corrected chi connectivity index (χ3v) is 14.2. The van der Waals surface area contributed by atoms with E-state index in [0.29, 0.717) is 38.9 Å². The summed E-state index contributed by atoms with van der Waals surface area (Å²) in [7, 11) is 6.44. The molecule has 10 rings (SSSR count). The van der Waals surface area contributed by atoms with Gasteiger partial charge in [-0.15, -0.1) is 0 Å². The second-order valence-corrected chi connectivity index (χ2v) is 20.4. The maximum absolute atomic E-state index is 12.0. The third-order valence-electron chi connectivity index (χ3n) is 13.4. The minimum atomic E-state index is -0.548. The number of hydrogen-bond donors (Lipinski definition) is 4. The Bertz CT molecular complexity index is 4190. The summed E-state index contributed by atoms with van der Waals surface area (Å²) in [6.07, 6.45) is 9.50. The fourth-order valence-corrected chi connectivity index (χ4v) is 8.64. The van der Waals surface area contributed by atoms with Crippen molar-refractivity contribution < 1.29 is 38.6 Å². The molecule has 10 aromatic rings. The number of phenolic OH excluding ortho intramolecular Hbond substituents is 1. The van der Waals surface area contributed by atoms with Gasteiger partial charge in [0.1, 0.15) is 33.8 Å². The predicted octanol–water partition coefficient (Wildman–Crippen LogP) is 17.6. The van der Waals surface area contributed by atoms with Crippen molar-refractivity contribution in [3.05, 3.63) is 277 Å². The van der Waals surface area contributed by atoms with Gasteiger partial charge in [0.05, 0.1) is 55.8 Å². The number of aromatic amines is 1. The van der Waals surface area contributed by atoms with Gasteiger partial charge in [-0.05, 0) is 159 Å². The zero-order valence-electron chi connectivity index (χ0n) is 50.1. The molecule has 0 bridgehead atoms. The Balaban J connectivity index is 0.000000170. The minimum absolute atomic E-state index is 0.0304. The number of aryl methyl sites for hydroxylation is 3. The fourth-order valence-electron chi connectivity index (χ4n) is 8.28. The van der Waals surface area contributed by atoms with Gasteiger partial charge >= 0.3 is 0 Å². The molecule has 0 amide bonds. The van der Waals surface area contributed by atoms with E-state index in [4.69, 9.17) is 42.1 Å². The highest BCUT2D eigenvalue weighted by atomic mass is 35.5. The number of methoxy groups -OCH3 is 4. The molecule has 1 heterocycles. The molecule has 18 heteroatoms. The Hall–Kier alpha value is -10.8. The molecule has 0 fully saturated rings. The SMILES string of the molecule is COc1ccc(C(=O)C=CNc2ccccc2OC)cc1.COc1ccc(C=Nc2ccc3nc(-c4ccccc4)[nH]c3c2)cc1OC.Cc1cc(O)c(N=Cc2ccc(Cl)c([N+](=O)[O-])c2)cc1C.Cc1ccc(C(=O)C=CNc2cccc(Cl)c2C)cc1. The van der Waals surface area contributed by atoms with Crippen molar-refractivity contribution in [2.45, 2.75) is 27.7 Å². The van der Waals surface area contributed by atoms with Crippen LogP contribution in [0.2, 0.25) is 10.0 Å². The van der Waals surface area contributed by atoms with Gasteiger partial charge < -0.3 is 39.7 Å². The first-order valence-corrected chi connectivity index (χ1v) is 28.4. The first-order chi connectivity index (χ1) is 43.0. The van der Waals surface area contributed by atoms with E-state index in [9.17, 15) is 24.8 Å². The Morgan fingerprint density at radius 2 is 1.18 bits per heavy atom. The molecule has 4 N–H and O–H groups in total. The van der Waals surface area contributed by atoms with Gasteiger partial charge in [0.2, 0.25) is 0 Å². The van der Waals surface area contributed by atoms with Crippen LogP contribution in [0.25, 0.3) is 22.4 Å². The Kier molecular flexibility index (Phi) is 24.1. The summed E-state index contributed by atoms with van der Waals surface area (Å²) in [4.78, 5) is 51.0. The minimum Gasteiger partial charge on any atom is -0.506 e. The summed E-state index contributed by atoms with van der Waals surface area (Å²) >= 11 is 11.8. The van der Waals surface area contributed by atoms with Crippen LogP contribution in [0.5, 0.6) is 28.7 Å². The van der Waals surface area contributed by atoms with E-state index in [1.165, 1.54) is 30.5 Å². The number of phenols is 1. The number of fused-ring (bicyclic) bond motifs is 1. The van der Waals surface area contributed by atoms with Gasteiger partial charge in [0.15, 0.2) is 23.1 Å². The lowest BCUT2D eigenvalue weighted by molar-refractivity contribution is -0.384. The number of halogens is 2. The molecule has 89 heavy (non-hydrogen) atoms. The number of anilines is 2. The number of rotatable bonds is 18. The molecule has 16 nitrogen and oxygen atoms in total. The number of nitrogens with zero attached hydrogens (tertiary/aromatic N) is 4. The van der Waals surface area contributed by atoms with Crippen molar-refractivity contribution in [2.24, 2.45) is 9.98 Å². The van der Waals surface area contributed by atoms with Crippen LogP contribution in [-0.2, 0) is 0 Å². The van der Waals surface area contributed by atoms with E-state index in [0.717, 1.165) is 78.8 Å². The summed E-state index contributed by atoms with van der Waals surface area (Å²) in [5, 5.41) is 27.6. The maximum atomic E-state index is 12.0. The third kappa shape index (κ3) is 19.1. The smallest absolute Gasteiger partial charge is 0.288 e. The number of aliphatic imine (C=N–C) groups is 2. The van der Waals surface area contributed by atoms with Crippen LogP contribution < -0.4 is 29.6 Å². The number of benzene rings is 9. The zero-order chi connectivity index (χ0) is 63.8. The zero-order valence-corrected chi connectivity index (χ0v) is 51.6. The number of carbonyl (C=O) groups is 2. The van der Waals surface area contributed by atoms with Crippen molar-refractivity contribution in [3.63, 3.8) is 0 Å². The van der Waals surface area contributed by atoms with Crippen LogP contribution in [0.4, 0.5) is 28.4 Å². The van der Waals surface area contributed by atoms with Crippen LogP contribution in [-0.4, -0.2) is 72.4 Å². The van der Waals surface area contributed by atoms with Gasteiger partial charge in [0, 0.05) is 70.4 Å². The number of nitro groups is 1. The van der Waals surface area contributed by atoms with Crippen molar-refractivity contribution >= 4 is 86.7 Å². The molecular weight excluding hydrogens is 1170 g/mol. The van der Waals surface area contributed by atoms with Gasteiger partial charge in [-0.2, -0.15) is 0 Å². The topological polar surface area (TPSA) is 212 Å². The van der Waals surface area contributed by atoms with E-state index in [-0.39, 0.29) is 28.0 Å². The molecule has 0 aliphatic carbocycles. The maximum Gasteiger partial charge on any atom is 0.288 e.